The first kappa shape index (κ1) is 16.8. The fourth-order valence-electron chi connectivity index (χ4n) is 2.33. The topological polar surface area (TPSA) is 73.6 Å². The largest absolute Gasteiger partial charge is 0.493 e. The van der Waals surface area contributed by atoms with Crippen LogP contribution in [-0.4, -0.2) is 25.7 Å². The van der Waals surface area contributed by atoms with Gasteiger partial charge in [-0.1, -0.05) is 24.3 Å². The number of nitrogens with one attached hydrogen (secondary N) is 1. The predicted octanol–water partition coefficient (Wildman–Crippen LogP) is 2.94. The van der Waals surface area contributed by atoms with E-state index in [4.69, 9.17) is 9.47 Å². The number of rotatable bonds is 8. The van der Waals surface area contributed by atoms with E-state index in [1.54, 1.807) is 32.4 Å². The zero-order valence-corrected chi connectivity index (χ0v) is 13.2. The summed E-state index contributed by atoms with van der Waals surface area (Å²) in [6, 6.07) is 12.5. The number of para-hydroxylation sites is 1. The third-order valence-electron chi connectivity index (χ3n) is 3.54. The van der Waals surface area contributed by atoms with Crippen molar-refractivity contribution in [1.82, 2.24) is 5.32 Å². The van der Waals surface area contributed by atoms with Crippen molar-refractivity contribution in [3.63, 3.8) is 0 Å². The number of nitro groups is 1. The molecule has 122 valence electrons. The van der Waals surface area contributed by atoms with E-state index in [0.717, 1.165) is 12.0 Å². The lowest BCUT2D eigenvalue weighted by molar-refractivity contribution is -0.385. The van der Waals surface area contributed by atoms with Gasteiger partial charge >= 0.3 is 0 Å². The lowest BCUT2D eigenvalue weighted by atomic mass is 10.1. The number of nitrogens with zero attached hydrogens (tertiary/aromatic N) is 1. The number of hydrogen-bond donors (Lipinski definition) is 1. The molecule has 0 spiro atoms. The number of nitro benzene ring substituents is 1. The maximum absolute atomic E-state index is 11.0. The smallest absolute Gasteiger partial charge is 0.273 e. The fourth-order valence-corrected chi connectivity index (χ4v) is 2.33. The predicted molar refractivity (Wildman–Crippen MR) is 88.1 cm³/mol. The zero-order chi connectivity index (χ0) is 16.7. The molecule has 0 radical (unpaired) electrons. The minimum absolute atomic E-state index is 0.145. The molecule has 23 heavy (non-hydrogen) atoms. The van der Waals surface area contributed by atoms with Crippen molar-refractivity contribution in [2.75, 3.05) is 20.8 Å². The van der Waals surface area contributed by atoms with E-state index in [-0.39, 0.29) is 10.6 Å². The molecule has 2 rings (SSSR count). The van der Waals surface area contributed by atoms with Crippen molar-refractivity contribution >= 4 is 5.69 Å². The molecular formula is C17H20N2O4. The first-order valence-corrected chi connectivity index (χ1v) is 7.29. The first-order valence-electron chi connectivity index (χ1n) is 7.29. The summed E-state index contributed by atoms with van der Waals surface area (Å²) in [6.45, 7) is 1.17. The molecule has 0 saturated heterocycles. The zero-order valence-electron chi connectivity index (χ0n) is 13.2. The summed E-state index contributed by atoms with van der Waals surface area (Å²) in [4.78, 5) is 10.6. The van der Waals surface area contributed by atoms with E-state index in [9.17, 15) is 10.1 Å². The van der Waals surface area contributed by atoms with Crippen molar-refractivity contribution in [3.8, 4) is 11.5 Å². The van der Waals surface area contributed by atoms with Gasteiger partial charge < -0.3 is 14.8 Å². The second-order valence-corrected chi connectivity index (χ2v) is 5.00. The highest BCUT2D eigenvalue weighted by Gasteiger charge is 2.11. The molecule has 0 aliphatic carbocycles. The standard InChI is InChI=1S/C17H20N2O4/c1-22-16-8-7-13(11-17(16)23-2)9-10-18-12-14-5-3-4-6-15(14)19(20)21/h3-8,11,18H,9-10,12H2,1-2H3. The third-order valence-corrected chi connectivity index (χ3v) is 3.54. The maximum Gasteiger partial charge on any atom is 0.273 e. The summed E-state index contributed by atoms with van der Waals surface area (Å²) in [5.74, 6) is 1.40. The number of benzene rings is 2. The Labute approximate surface area is 135 Å². The molecule has 6 heteroatoms. The molecule has 0 aliphatic heterocycles. The lowest BCUT2D eigenvalue weighted by Gasteiger charge is -2.10. The van der Waals surface area contributed by atoms with E-state index in [2.05, 4.69) is 5.32 Å². The van der Waals surface area contributed by atoms with Crippen LogP contribution < -0.4 is 14.8 Å². The Morgan fingerprint density at radius 3 is 2.52 bits per heavy atom. The van der Waals surface area contributed by atoms with Gasteiger partial charge in [0.05, 0.1) is 19.1 Å². The van der Waals surface area contributed by atoms with Gasteiger partial charge in [0, 0.05) is 18.2 Å². The van der Waals surface area contributed by atoms with Gasteiger partial charge in [0.2, 0.25) is 0 Å². The molecule has 0 unspecified atom stereocenters. The fraction of sp³-hybridized carbons (Fsp3) is 0.294. The molecule has 0 fully saturated rings. The number of ether oxygens (including phenoxy) is 2. The molecule has 2 aromatic carbocycles. The summed E-state index contributed by atoms with van der Waals surface area (Å²) >= 11 is 0. The highest BCUT2D eigenvalue weighted by molar-refractivity contribution is 5.43. The maximum atomic E-state index is 11.0. The van der Waals surface area contributed by atoms with Gasteiger partial charge in [0.1, 0.15) is 0 Å². The van der Waals surface area contributed by atoms with E-state index in [0.29, 0.717) is 30.2 Å². The van der Waals surface area contributed by atoms with Gasteiger partial charge in [-0.3, -0.25) is 10.1 Å². The summed E-state index contributed by atoms with van der Waals surface area (Å²) in [5.41, 5.74) is 1.94. The van der Waals surface area contributed by atoms with Gasteiger partial charge in [-0.05, 0) is 30.7 Å². The molecule has 2 aromatic rings. The Bertz CT molecular complexity index is 673. The van der Waals surface area contributed by atoms with Crippen LogP contribution in [-0.2, 0) is 13.0 Å². The van der Waals surface area contributed by atoms with Gasteiger partial charge in [0.15, 0.2) is 11.5 Å². The molecule has 0 saturated carbocycles. The van der Waals surface area contributed by atoms with Crippen LogP contribution in [0.25, 0.3) is 0 Å². The van der Waals surface area contributed by atoms with Crippen LogP contribution in [0.2, 0.25) is 0 Å². The second kappa shape index (κ2) is 8.14. The molecule has 0 amide bonds. The van der Waals surface area contributed by atoms with Crippen LogP contribution in [0.1, 0.15) is 11.1 Å². The Hall–Kier alpha value is -2.60. The third kappa shape index (κ3) is 4.43. The van der Waals surface area contributed by atoms with Crippen LogP contribution in [0.15, 0.2) is 42.5 Å². The van der Waals surface area contributed by atoms with Crippen molar-refractivity contribution in [3.05, 3.63) is 63.7 Å². The minimum Gasteiger partial charge on any atom is -0.493 e. The minimum atomic E-state index is -0.356. The van der Waals surface area contributed by atoms with E-state index < -0.39 is 0 Å². The van der Waals surface area contributed by atoms with Crippen LogP contribution in [0.3, 0.4) is 0 Å². The van der Waals surface area contributed by atoms with E-state index in [1.165, 1.54) is 6.07 Å². The molecule has 0 aromatic heterocycles. The van der Waals surface area contributed by atoms with Crippen LogP contribution in [0, 0.1) is 10.1 Å². The normalized spacial score (nSPS) is 10.3. The van der Waals surface area contributed by atoms with Gasteiger partial charge in [-0.25, -0.2) is 0 Å². The van der Waals surface area contributed by atoms with Crippen molar-refractivity contribution < 1.29 is 14.4 Å². The van der Waals surface area contributed by atoms with Crippen molar-refractivity contribution in [2.24, 2.45) is 0 Å². The molecule has 6 nitrogen and oxygen atoms in total. The summed E-state index contributed by atoms with van der Waals surface area (Å²) in [5, 5.41) is 14.2. The second-order valence-electron chi connectivity index (χ2n) is 5.00. The van der Waals surface area contributed by atoms with Crippen molar-refractivity contribution in [2.45, 2.75) is 13.0 Å². The average Bonchev–Trinajstić information content (AvgIpc) is 2.58. The first-order chi connectivity index (χ1) is 11.2. The van der Waals surface area contributed by atoms with Gasteiger partial charge in [-0.2, -0.15) is 0 Å². The molecule has 0 aliphatic rings. The summed E-state index contributed by atoms with van der Waals surface area (Å²) in [7, 11) is 3.21. The molecule has 1 N–H and O–H groups in total. The summed E-state index contributed by atoms with van der Waals surface area (Å²) < 4.78 is 10.5. The summed E-state index contributed by atoms with van der Waals surface area (Å²) in [6.07, 6.45) is 0.793. The van der Waals surface area contributed by atoms with E-state index in [1.807, 2.05) is 18.2 Å². The number of hydrogen-bond acceptors (Lipinski definition) is 5. The molecule has 0 atom stereocenters. The quantitative estimate of drug-likeness (QED) is 0.460. The SMILES string of the molecule is COc1ccc(CCNCc2ccccc2[N+](=O)[O-])cc1OC. The highest BCUT2D eigenvalue weighted by atomic mass is 16.6. The Morgan fingerprint density at radius 2 is 1.83 bits per heavy atom. The van der Waals surface area contributed by atoms with Crippen LogP contribution in [0.4, 0.5) is 5.69 Å². The Kier molecular flexibility index (Phi) is 5.94. The monoisotopic (exact) mass is 316 g/mol. The Balaban J connectivity index is 1.90. The van der Waals surface area contributed by atoms with Crippen LogP contribution >= 0.6 is 0 Å². The van der Waals surface area contributed by atoms with Crippen molar-refractivity contribution in [1.29, 1.82) is 0 Å². The van der Waals surface area contributed by atoms with E-state index >= 15 is 0 Å². The molecule has 0 heterocycles. The number of methoxy groups -OCH3 is 2. The molecule has 0 bridgehead atoms. The lowest BCUT2D eigenvalue weighted by Crippen LogP contribution is -2.17. The Morgan fingerprint density at radius 1 is 1.09 bits per heavy atom. The van der Waals surface area contributed by atoms with Crippen LogP contribution in [0.5, 0.6) is 11.5 Å². The van der Waals surface area contributed by atoms with Gasteiger partial charge in [0.25, 0.3) is 5.69 Å². The average molecular weight is 316 g/mol. The van der Waals surface area contributed by atoms with Gasteiger partial charge in [-0.15, -0.1) is 0 Å². The molecular weight excluding hydrogens is 296 g/mol. The highest BCUT2D eigenvalue weighted by Crippen LogP contribution is 2.27.